The molecule has 1 rings (SSSR count). The Kier molecular flexibility index (Phi) is 4.36. The molecule has 0 fully saturated rings. The number of nitro benzene ring substituents is 1. The smallest absolute Gasteiger partial charge is 0.309 e. The van der Waals surface area contributed by atoms with E-state index in [4.69, 9.17) is 5.73 Å². The lowest BCUT2D eigenvalue weighted by molar-refractivity contribution is -0.385. The van der Waals surface area contributed by atoms with Gasteiger partial charge in [0.25, 0.3) is 5.69 Å². The molecular formula is C11H11FN2O4. The van der Waals surface area contributed by atoms with Gasteiger partial charge < -0.3 is 10.5 Å². The number of carbonyl (C=O) groups excluding carboxylic acids is 1. The van der Waals surface area contributed by atoms with Crippen LogP contribution in [-0.4, -0.2) is 18.0 Å². The van der Waals surface area contributed by atoms with Crippen LogP contribution < -0.4 is 5.73 Å². The summed E-state index contributed by atoms with van der Waals surface area (Å²) in [4.78, 5) is 20.7. The molecule has 2 N–H and O–H groups in total. The Hall–Kier alpha value is -2.44. The summed E-state index contributed by atoms with van der Waals surface area (Å²) < 4.78 is 17.7. The fourth-order valence-corrected chi connectivity index (χ4v) is 1.23. The Morgan fingerprint density at radius 3 is 2.83 bits per heavy atom. The molecule has 0 aliphatic carbocycles. The molecule has 18 heavy (non-hydrogen) atoms. The Labute approximate surface area is 102 Å². The van der Waals surface area contributed by atoms with Gasteiger partial charge in [0.05, 0.1) is 30.2 Å². The molecule has 0 bridgehead atoms. The van der Waals surface area contributed by atoms with Crippen LogP contribution in [0.1, 0.15) is 12.0 Å². The Balaban J connectivity index is 3.01. The van der Waals surface area contributed by atoms with Crippen molar-refractivity contribution in [1.82, 2.24) is 0 Å². The molecule has 0 saturated carbocycles. The van der Waals surface area contributed by atoms with E-state index in [0.717, 1.165) is 12.1 Å². The lowest BCUT2D eigenvalue weighted by atomic mass is 10.1. The van der Waals surface area contributed by atoms with Gasteiger partial charge in [-0.1, -0.05) is 12.2 Å². The monoisotopic (exact) mass is 254 g/mol. The quantitative estimate of drug-likeness (QED) is 0.383. The number of methoxy groups -OCH3 is 1. The van der Waals surface area contributed by atoms with Crippen molar-refractivity contribution in [3.05, 3.63) is 39.7 Å². The largest absolute Gasteiger partial charge is 0.469 e. The number of anilines is 1. The van der Waals surface area contributed by atoms with Crippen LogP contribution in [0, 0.1) is 15.9 Å². The van der Waals surface area contributed by atoms with Gasteiger partial charge in [-0.3, -0.25) is 14.9 Å². The molecule has 0 spiro atoms. The summed E-state index contributed by atoms with van der Waals surface area (Å²) in [7, 11) is 1.23. The number of benzene rings is 1. The van der Waals surface area contributed by atoms with Gasteiger partial charge in [0.1, 0.15) is 0 Å². The van der Waals surface area contributed by atoms with Gasteiger partial charge in [0.15, 0.2) is 5.82 Å². The number of non-ortho nitro benzene ring substituents is 1. The van der Waals surface area contributed by atoms with Crippen LogP contribution in [0.5, 0.6) is 0 Å². The second-order valence-corrected chi connectivity index (χ2v) is 3.37. The highest BCUT2D eigenvalue weighted by Gasteiger charge is 2.13. The first-order chi connectivity index (χ1) is 8.45. The average Bonchev–Trinajstić information content (AvgIpc) is 2.33. The molecule has 1 aromatic rings. The van der Waals surface area contributed by atoms with Crippen LogP contribution in [0.3, 0.4) is 0 Å². The van der Waals surface area contributed by atoms with Crippen molar-refractivity contribution in [3.8, 4) is 0 Å². The number of nitrogens with two attached hydrogens (primary N) is 1. The van der Waals surface area contributed by atoms with Crippen molar-refractivity contribution < 1.29 is 18.8 Å². The SMILES string of the molecule is COC(=O)CC=Cc1cc([N+](=O)[O-])cc(F)c1N. The molecule has 0 unspecified atom stereocenters. The van der Waals surface area contributed by atoms with E-state index in [0.29, 0.717) is 0 Å². The lowest BCUT2D eigenvalue weighted by Gasteiger charge is -2.02. The topological polar surface area (TPSA) is 95.5 Å². The summed E-state index contributed by atoms with van der Waals surface area (Å²) in [5, 5.41) is 10.5. The van der Waals surface area contributed by atoms with E-state index in [2.05, 4.69) is 4.74 Å². The highest BCUT2D eigenvalue weighted by molar-refractivity contribution is 5.74. The molecule has 0 atom stereocenters. The fraction of sp³-hybridized carbons (Fsp3) is 0.182. The average molecular weight is 254 g/mol. The molecule has 96 valence electrons. The maximum Gasteiger partial charge on any atom is 0.309 e. The third-order valence-electron chi connectivity index (χ3n) is 2.17. The first-order valence-corrected chi connectivity index (χ1v) is 4.92. The van der Waals surface area contributed by atoms with Gasteiger partial charge in [0, 0.05) is 11.6 Å². The summed E-state index contributed by atoms with van der Waals surface area (Å²) in [5.74, 6) is -1.35. The molecule has 0 aliphatic rings. The maximum atomic E-state index is 13.3. The normalized spacial score (nSPS) is 10.6. The summed E-state index contributed by atoms with van der Waals surface area (Å²) in [6.45, 7) is 0. The number of hydrogen-bond donors (Lipinski definition) is 1. The van der Waals surface area contributed by atoms with Crippen LogP contribution >= 0.6 is 0 Å². The van der Waals surface area contributed by atoms with Crippen molar-refractivity contribution in [2.24, 2.45) is 0 Å². The van der Waals surface area contributed by atoms with E-state index in [1.165, 1.54) is 19.3 Å². The predicted octanol–water partition coefficient (Wildman–Crippen LogP) is 1.89. The molecule has 0 aromatic heterocycles. The van der Waals surface area contributed by atoms with Crippen molar-refractivity contribution >= 4 is 23.4 Å². The lowest BCUT2D eigenvalue weighted by Crippen LogP contribution is -1.99. The molecule has 0 amide bonds. The van der Waals surface area contributed by atoms with E-state index in [1.807, 2.05) is 0 Å². The summed E-state index contributed by atoms with van der Waals surface area (Å²) >= 11 is 0. The summed E-state index contributed by atoms with van der Waals surface area (Å²) in [6, 6.07) is 1.87. The minimum atomic E-state index is -0.873. The minimum Gasteiger partial charge on any atom is -0.469 e. The number of halogens is 1. The Morgan fingerprint density at radius 2 is 2.28 bits per heavy atom. The molecule has 0 aliphatic heterocycles. The van der Waals surface area contributed by atoms with Crippen molar-refractivity contribution in [1.29, 1.82) is 0 Å². The van der Waals surface area contributed by atoms with Gasteiger partial charge in [-0.25, -0.2) is 4.39 Å². The third-order valence-corrected chi connectivity index (χ3v) is 2.17. The maximum absolute atomic E-state index is 13.3. The molecular weight excluding hydrogens is 243 g/mol. The first-order valence-electron chi connectivity index (χ1n) is 4.92. The van der Waals surface area contributed by atoms with Crippen molar-refractivity contribution in [2.45, 2.75) is 6.42 Å². The van der Waals surface area contributed by atoms with Gasteiger partial charge in [-0.2, -0.15) is 0 Å². The third kappa shape index (κ3) is 3.27. The predicted molar refractivity (Wildman–Crippen MR) is 63.1 cm³/mol. The van der Waals surface area contributed by atoms with Gasteiger partial charge >= 0.3 is 5.97 Å². The minimum absolute atomic E-state index is 0.0275. The van der Waals surface area contributed by atoms with E-state index in [-0.39, 0.29) is 17.7 Å². The summed E-state index contributed by atoms with van der Waals surface area (Å²) in [6.07, 6.45) is 2.70. The standard InChI is InChI=1S/C11H11FN2O4/c1-18-10(15)4-2-3-7-5-8(14(16)17)6-9(12)11(7)13/h2-3,5-6H,4,13H2,1H3. The first kappa shape index (κ1) is 13.6. The van der Waals surface area contributed by atoms with E-state index in [1.54, 1.807) is 0 Å². The molecule has 0 saturated heterocycles. The molecule has 1 aromatic carbocycles. The molecule has 0 radical (unpaired) electrons. The number of carbonyl (C=O) groups is 1. The highest BCUT2D eigenvalue weighted by Crippen LogP contribution is 2.24. The number of hydrogen-bond acceptors (Lipinski definition) is 5. The van der Waals surface area contributed by atoms with Gasteiger partial charge in [-0.15, -0.1) is 0 Å². The summed E-state index contributed by atoms with van der Waals surface area (Å²) in [5.41, 5.74) is 4.97. The van der Waals surface area contributed by atoms with Crippen LogP contribution in [-0.2, 0) is 9.53 Å². The zero-order valence-electron chi connectivity index (χ0n) is 9.55. The molecule has 7 heteroatoms. The zero-order chi connectivity index (χ0) is 13.7. The Morgan fingerprint density at radius 1 is 1.61 bits per heavy atom. The molecule has 6 nitrogen and oxygen atoms in total. The van der Waals surface area contributed by atoms with Gasteiger partial charge in [-0.05, 0) is 0 Å². The number of rotatable bonds is 4. The van der Waals surface area contributed by atoms with Crippen LogP contribution in [0.15, 0.2) is 18.2 Å². The number of nitro groups is 1. The van der Waals surface area contributed by atoms with E-state index < -0.39 is 22.4 Å². The second-order valence-electron chi connectivity index (χ2n) is 3.37. The highest BCUT2D eigenvalue weighted by atomic mass is 19.1. The second kappa shape index (κ2) is 5.76. The van der Waals surface area contributed by atoms with Gasteiger partial charge in [0.2, 0.25) is 0 Å². The number of nitrogens with zero attached hydrogens (tertiary/aromatic N) is 1. The molecule has 0 heterocycles. The zero-order valence-corrected chi connectivity index (χ0v) is 9.55. The van der Waals surface area contributed by atoms with Crippen molar-refractivity contribution in [3.63, 3.8) is 0 Å². The van der Waals surface area contributed by atoms with Crippen molar-refractivity contribution in [2.75, 3.05) is 12.8 Å². The number of nitrogen functional groups attached to an aromatic ring is 1. The van der Waals surface area contributed by atoms with Crippen LogP contribution in [0.4, 0.5) is 15.8 Å². The number of ether oxygens (including phenoxy) is 1. The number of esters is 1. The van der Waals surface area contributed by atoms with Crippen LogP contribution in [0.2, 0.25) is 0 Å². The van der Waals surface area contributed by atoms with E-state index in [9.17, 15) is 19.3 Å². The fourth-order valence-electron chi connectivity index (χ4n) is 1.23. The van der Waals surface area contributed by atoms with Crippen LogP contribution in [0.25, 0.3) is 6.08 Å². The Bertz CT molecular complexity index is 514. The van der Waals surface area contributed by atoms with E-state index >= 15 is 0 Å².